The fourth-order valence-electron chi connectivity index (χ4n) is 1.62. The van der Waals surface area contributed by atoms with Crippen LogP contribution < -0.4 is 4.90 Å². The Morgan fingerprint density at radius 3 is 2.47 bits per heavy atom. The van der Waals surface area contributed by atoms with Gasteiger partial charge in [0, 0.05) is 6.92 Å². The van der Waals surface area contributed by atoms with Crippen molar-refractivity contribution in [3.05, 3.63) is 30.1 Å². The number of imide groups is 2. The number of carbonyl (C=O) groups is 3. The van der Waals surface area contributed by atoms with Crippen molar-refractivity contribution in [3.8, 4) is 0 Å². The number of urea groups is 1. The van der Waals surface area contributed by atoms with E-state index in [9.17, 15) is 18.8 Å². The first-order chi connectivity index (χ1) is 8.02. The molecular weight excluding hydrogens is 227 g/mol. The molecule has 17 heavy (non-hydrogen) atoms. The highest BCUT2D eigenvalue weighted by molar-refractivity contribution is 6.23. The molecule has 0 aromatic heterocycles. The molecule has 0 N–H and O–H groups in total. The Balaban J connectivity index is 2.41. The monoisotopic (exact) mass is 236 g/mol. The lowest BCUT2D eigenvalue weighted by Crippen LogP contribution is -2.35. The quantitative estimate of drug-likeness (QED) is 0.687. The fourth-order valence-corrected chi connectivity index (χ4v) is 1.62. The first-order valence-corrected chi connectivity index (χ1v) is 4.92. The van der Waals surface area contributed by atoms with Crippen LogP contribution in [-0.2, 0) is 9.59 Å². The van der Waals surface area contributed by atoms with E-state index < -0.39 is 23.7 Å². The summed E-state index contributed by atoms with van der Waals surface area (Å²) < 4.78 is 13.5. The lowest BCUT2D eigenvalue weighted by atomic mass is 10.3. The topological polar surface area (TPSA) is 57.7 Å². The van der Waals surface area contributed by atoms with Crippen molar-refractivity contribution in [2.75, 3.05) is 11.4 Å². The number of anilines is 1. The van der Waals surface area contributed by atoms with Gasteiger partial charge in [0.1, 0.15) is 12.4 Å². The number of halogens is 1. The Morgan fingerprint density at radius 2 is 1.94 bits per heavy atom. The first kappa shape index (κ1) is 11.3. The maximum absolute atomic E-state index is 13.5. The molecule has 0 spiro atoms. The molecule has 4 amide bonds. The van der Waals surface area contributed by atoms with Gasteiger partial charge in [0.25, 0.3) is 5.91 Å². The molecule has 5 nitrogen and oxygen atoms in total. The van der Waals surface area contributed by atoms with Gasteiger partial charge in [0.05, 0.1) is 5.69 Å². The summed E-state index contributed by atoms with van der Waals surface area (Å²) in [6, 6.07) is 4.61. The number of hydrogen-bond donors (Lipinski definition) is 0. The molecule has 88 valence electrons. The number of benzene rings is 1. The van der Waals surface area contributed by atoms with Crippen LogP contribution in [0.5, 0.6) is 0 Å². The normalized spacial score (nSPS) is 15.6. The fraction of sp³-hybridized carbons (Fsp3) is 0.182. The third kappa shape index (κ3) is 1.77. The minimum absolute atomic E-state index is 0.133. The second-order valence-electron chi connectivity index (χ2n) is 3.57. The number of amides is 4. The standard InChI is InChI=1S/C11H9FN2O3/c1-7(15)13-6-10(16)14(11(13)17)9-5-3-2-4-8(9)12/h2-5H,6H2,1H3. The van der Waals surface area contributed by atoms with Gasteiger partial charge in [-0.2, -0.15) is 0 Å². The average Bonchev–Trinajstić information content (AvgIpc) is 2.56. The second-order valence-corrected chi connectivity index (χ2v) is 3.57. The number of rotatable bonds is 1. The average molecular weight is 236 g/mol. The predicted molar refractivity (Wildman–Crippen MR) is 56.7 cm³/mol. The lowest BCUT2D eigenvalue weighted by molar-refractivity contribution is -0.128. The van der Waals surface area contributed by atoms with Gasteiger partial charge in [0.2, 0.25) is 5.91 Å². The number of carbonyl (C=O) groups excluding carboxylic acids is 3. The summed E-state index contributed by atoms with van der Waals surface area (Å²) in [5.41, 5.74) is -0.133. The molecule has 0 unspecified atom stereocenters. The minimum Gasteiger partial charge on any atom is -0.275 e. The summed E-state index contributed by atoms with van der Waals surface area (Å²) >= 11 is 0. The van der Waals surface area contributed by atoms with E-state index in [0.717, 1.165) is 11.0 Å². The summed E-state index contributed by atoms with van der Waals surface area (Å²) in [5.74, 6) is -1.84. The minimum atomic E-state index is -0.812. The largest absolute Gasteiger partial charge is 0.338 e. The smallest absolute Gasteiger partial charge is 0.275 e. The highest BCUT2D eigenvalue weighted by Crippen LogP contribution is 2.24. The molecule has 1 aliphatic rings. The summed E-state index contributed by atoms with van der Waals surface area (Å²) in [4.78, 5) is 35.9. The Labute approximate surface area is 96.4 Å². The Morgan fingerprint density at radius 1 is 1.29 bits per heavy atom. The van der Waals surface area contributed by atoms with Gasteiger partial charge in [-0.05, 0) is 12.1 Å². The van der Waals surface area contributed by atoms with Gasteiger partial charge >= 0.3 is 6.03 Å². The Bertz CT molecular complexity index is 515. The van der Waals surface area contributed by atoms with Crippen molar-refractivity contribution in [1.29, 1.82) is 0 Å². The molecule has 1 saturated heterocycles. The van der Waals surface area contributed by atoms with Crippen LogP contribution in [-0.4, -0.2) is 29.3 Å². The maximum Gasteiger partial charge on any atom is 0.338 e. The van der Waals surface area contributed by atoms with E-state index in [1.807, 2.05) is 0 Å². The van der Waals surface area contributed by atoms with E-state index in [1.165, 1.54) is 25.1 Å². The van der Waals surface area contributed by atoms with Gasteiger partial charge in [-0.3, -0.25) is 14.5 Å². The first-order valence-electron chi connectivity index (χ1n) is 4.92. The van der Waals surface area contributed by atoms with E-state index in [2.05, 4.69) is 0 Å². The molecule has 0 bridgehead atoms. The number of hydrogen-bond acceptors (Lipinski definition) is 3. The van der Waals surface area contributed by atoms with Crippen LogP contribution in [0.1, 0.15) is 6.92 Å². The molecule has 1 aromatic carbocycles. The van der Waals surface area contributed by atoms with Crippen LogP contribution in [0.3, 0.4) is 0 Å². The maximum atomic E-state index is 13.5. The van der Waals surface area contributed by atoms with Crippen molar-refractivity contribution in [2.24, 2.45) is 0 Å². The zero-order valence-electron chi connectivity index (χ0n) is 9.01. The summed E-state index contributed by atoms with van der Waals surface area (Å²) in [6.07, 6.45) is 0. The number of nitrogens with zero attached hydrogens (tertiary/aromatic N) is 2. The molecule has 1 aliphatic heterocycles. The molecule has 1 heterocycles. The summed E-state index contributed by atoms with van der Waals surface area (Å²) in [7, 11) is 0. The number of para-hydroxylation sites is 1. The molecule has 1 fully saturated rings. The van der Waals surface area contributed by atoms with Crippen molar-refractivity contribution in [3.63, 3.8) is 0 Å². The van der Waals surface area contributed by atoms with Gasteiger partial charge in [0.15, 0.2) is 0 Å². The molecule has 0 saturated carbocycles. The third-order valence-electron chi connectivity index (χ3n) is 2.44. The van der Waals surface area contributed by atoms with Gasteiger partial charge in [-0.1, -0.05) is 12.1 Å². The molecule has 2 rings (SSSR count). The van der Waals surface area contributed by atoms with Crippen molar-refractivity contribution in [1.82, 2.24) is 4.90 Å². The molecule has 0 atom stereocenters. The van der Waals surface area contributed by atoms with Crippen molar-refractivity contribution < 1.29 is 18.8 Å². The van der Waals surface area contributed by atoms with Gasteiger partial charge in [-0.25, -0.2) is 14.1 Å². The SMILES string of the molecule is CC(=O)N1CC(=O)N(c2ccccc2F)C1=O. The van der Waals surface area contributed by atoms with Crippen molar-refractivity contribution >= 4 is 23.5 Å². The zero-order valence-corrected chi connectivity index (χ0v) is 9.01. The zero-order chi connectivity index (χ0) is 12.6. The van der Waals surface area contributed by atoms with Crippen molar-refractivity contribution in [2.45, 2.75) is 6.92 Å². The molecular formula is C11H9FN2O3. The molecule has 6 heteroatoms. The van der Waals surface area contributed by atoms with E-state index in [0.29, 0.717) is 4.90 Å². The lowest BCUT2D eigenvalue weighted by Gasteiger charge is -2.15. The second kappa shape index (κ2) is 3.97. The van der Waals surface area contributed by atoms with E-state index in [-0.39, 0.29) is 12.2 Å². The highest BCUT2D eigenvalue weighted by atomic mass is 19.1. The van der Waals surface area contributed by atoms with Gasteiger partial charge < -0.3 is 0 Å². The molecule has 1 aromatic rings. The van der Waals surface area contributed by atoms with Crippen LogP contribution in [0.2, 0.25) is 0 Å². The van der Waals surface area contributed by atoms with Crippen LogP contribution in [0, 0.1) is 5.82 Å². The molecule has 0 radical (unpaired) electrons. The highest BCUT2D eigenvalue weighted by Gasteiger charge is 2.40. The van der Waals surface area contributed by atoms with Crippen LogP contribution >= 0.6 is 0 Å². The summed E-state index contributed by atoms with van der Waals surface area (Å²) in [5, 5.41) is 0. The van der Waals surface area contributed by atoms with E-state index in [4.69, 9.17) is 0 Å². The third-order valence-corrected chi connectivity index (χ3v) is 2.44. The summed E-state index contributed by atoms with van der Waals surface area (Å²) in [6.45, 7) is 0.832. The van der Waals surface area contributed by atoms with Gasteiger partial charge in [-0.15, -0.1) is 0 Å². The molecule has 0 aliphatic carbocycles. The van der Waals surface area contributed by atoms with Crippen LogP contribution in [0.25, 0.3) is 0 Å². The van der Waals surface area contributed by atoms with E-state index >= 15 is 0 Å². The Hall–Kier alpha value is -2.24. The van der Waals surface area contributed by atoms with Crippen LogP contribution in [0.15, 0.2) is 24.3 Å². The Kier molecular flexibility index (Phi) is 2.63. The van der Waals surface area contributed by atoms with E-state index in [1.54, 1.807) is 0 Å². The van der Waals surface area contributed by atoms with Crippen LogP contribution in [0.4, 0.5) is 14.9 Å². The predicted octanol–water partition coefficient (Wildman–Crippen LogP) is 1.14.